The number of nitrogens with zero attached hydrogens (tertiary/aromatic N) is 1. The van der Waals surface area contributed by atoms with Gasteiger partial charge in [-0.2, -0.15) is 4.99 Å². The molecule has 0 aromatic heterocycles. The molecule has 0 heterocycles. The third-order valence-electron chi connectivity index (χ3n) is 4.40. The molecule has 1 aromatic rings. The molecule has 19 heavy (non-hydrogen) atoms. The molecule has 0 saturated heterocycles. The Labute approximate surface area is 119 Å². The van der Waals surface area contributed by atoms with Gasteiger partial charge in [-0.1, -0.05) is 37.6 Å². The largest absolute Gasteiger partial charge is 0.235 e. The van der Waals surface area contributed by atoms with Crippen molar-refractivity contribution < 1.29 is 4.79 Å². The van der Waals surface area contributed by atoms with E-state index in [9.17, 15) is 4.79 Å². The fourth-order valence-corrected chi connectivity index (χ4v) is 3.28. The summed E-state index contributed by atoms with van der Waals surface area (Å²) in [4.78, 5) is 14.6. The summed E-state index contributed by atoms with van der Waals surface area (Å²) in [7, 11) is 0. The van der Waals surface area contributed by atoms with Crippen LogP contribution in [0.3, 0.4) is 0 Å². The monoisotopic (exact) mass is 277 g/mol. The SMILES string of the molecule is CCC(CC)c1ccc(C2(N=C=O)CCC2)cc1Cl. The zero-order chi connectivity index (χ0) is 13.9. The molecule has 0 bridgehead atoms. The Hall–Kier alpha value is -1.11. The molecule has 102 valence electrons. The van der Waals surface area contributed by atoms with Crippen LogP contribution in [0.2, 0.25) is 5.02 Å². The molecular formula is C16H20ClNO. The van der Waals surface area contributed by atoms with Crippen molar-refractivity contribution in [3.63, 3.8) is 0 Å². The lowest BCUT2D eigenvalue weighted by atomic mass is 9.72. The van der Waals surface area contributed by atoms with Crippen LogP contribution in [0, 0.1) is 0 Å². The smallest absolute Gasteiger partial charge is 0.211 e. The Kier molecular flexibility index (Phi) is 4.44. The summed E-state index contributed by atoms with van der Waals surface area (Å²) in [6, 6.07) is 6.18. The van der Waals surface area contributed by atoms with Gasteiger partial charge in [0.25, 0.3) is 0 Å². The minimum atomic E-state index is -0.349. The van der Waals surface area contributed by atoms with Gasteiger partial charge >= 0.3 is 0 Å². The van der Waals surface area contributed by atoms with Gasteiger partial charge in [-0.3, -0.25) is 0 Å². The first kappa shape index (κ1) is 14.3. The van der Waals surface area contributed by atoms with Crippen LogP contribution in [-0.4, -0.2) is 6.08 Å². The average molecular weight is 278 g/mol. The Bertz CT molecular complexity index is 497. The molecule has 0 atom stereocenters. The normalized spacial score (nSPS) is 16.8. The van der Waals surface area contributed by atoms with E-state index in [2.05, 4.69) is 31.0 Å². The molecule has 1 aromatic carbocycles. The molecule has 0 unspecified atom stereocenters. The fraction of sp³-hybridized carbons (Fsp3) is 0.562. The predicted octanol–water partition coefficient (Wildman–Crippen LogP) is 4.96. The molecule has 3 heteroatoms. The Morgan fingerprint density at radius 2 is 2.05 bits per heavy atom. The number of halogens is 1. The van der Waals surface area contributed by atoms with Gasteiger partial charge in [-0.25, -0.2) is 4.79 Å². The third kappa shape index (κ3) is 2.61. The minimum absolute atomic E-state index is 0.349. The summed E-state index contributed by atoms with van der Waals surface area (Å²) in [6.07, 6.45) is 6.85. The van der Waals surface area contributed by atoms with E-state index in [0.29, 0.717) is 5.92 Å². The predicted molar refractivity (Wildman–Crippen MR) is 78.4 cm³/mol. The van der Waals surface area contributed by atoms with Crippen molar-refractivity contribution in [3.05, 3.63) is 34.3 Å². The molecule has 1 aliphatic rings. The molecule has 2 nitrogen and oxygen atoms in total. The van der Waals surface area contributed by atoms with E-state index in [0.717, 1.165) is 42.7 Å². The number of hydrogen-bond donors (Lipinski definition) is 0. The number of rotatable bonds is 5. The zero-order valence-corrected chi connectivity index (χ0v) is 12.3. The van der Waals surface area contributed by atoms with Gasteiger partial charge < -0.3 is 0 Å². The van der Waals surface area contributed by atoms with E-state index in [4.69, 9.17) is 11.6 Å². The van der Waals surface area contributed by atoms with Crippen LogP contribution in [0.4, 0.5) is 0 Å². The number of aliphatic imine (C=N–C) groups is 1. The summed E-state index contributed by atoms with van der Waals surface area (Å²) in [6.45, 7) is 4.37. The molecule has 2 rings (SSSR count). The molecule has 0 N–H and O–H groups in total. The lowest BCUT2D eigenvalue weighted by Crippen LogP contribution is -2.31. The number of isocyanates is 1. The lowest BCUT2D eigenvalue weighted by Gasteiger charge is -2.37. The summed E-state index contributed by atoms with van der Waals surface area (Å²) >= 11 is 6.43. The van der Waals surface area contributed by atoms with E-state index < -0.39 is 0 Å². The van der Waals surface area contributed by atoms with Crippen molar-refractivity contribution >= 4 is 17.7 Å². The van der Waals surface area contributed by atoms with Crippen molar-refractivity contribution in [2.24, 2.45) is 4.99 Å². The lowest BCUT2D eigenvalue weighted by molar-refractivity contribution is 0.256. The van der Waals surface area contributed by atoms with Crippen molar-refractivity contribution in [3.8, 4) is 0 Å². The van der Waals surface area contributed by atoms with E-state index in [1.807, 2.05) is 6.07 Å². The van der Waals surface area contributed by atoms with E-state index >= 15 is 0 Å². The molecule has 1 aliphatic carbocycles. The second-order valence-electron chi connectivity index (χ2n) is 5.34. The Morgan fingerprint density at radius 3 is 2.47 bits per heavy atom. The highest BCUT2D eigenvalue weighted by molar-refractivity contribution is 6.31. The minimum Gasteiger partial charge on any atom is -0.211 e. The van der Waals surface area contributed by atoms with Crippen LogP contribution in [0.1, 0.15) is 63.0 Å². The van der Waals surface area contributed by atoms with E-state index in [1.54, 1.807) is 6.08 Å². The van der Waals surface area contributed by atoms with E-state index in [-0.39, 0.29) is 5.54 Å². The van der Waals surface area contributed by atoms with Gasteiger partial charge in [0.05, 0.1) is 5.54 Å². The van der Waals surface area contributed by atoms with Crippen LogP contribution >= 0.6 is 11.6 Å². The van der Waals surface area contributed by atoms with Gasteiger partial charge in [0.1, 0.15) is 0 Å². The van der Waals surface area contributed by atoms with E-state index in [1.165, 1.54) is 5.56 Å². The number of hydrogen-bond acceptors (Lipinski definition) is 2. The second kappa shape index (κ2) is 5.90. The standard InChI is InChI=1S/C16H20ClNO/c1-3-12(4-2)14-7-6-13(10-15(14)17)16(18-11-19)8-5-9-16/h6-7,10,12H,3-5,8-9H2,1-2H3. The fourth-order valence-electron chi connectivity index (χ4n) is 2.94. The highest BCUT2D eigenvalue weighted by Gasteiger charge is 2.39. The first-order chi connectivity index (χ1) is 9.16. The summed E-state index contributed by atoms with van der Waals surface area (Å²) in [5, 5.41) is 0.804. The summed E-state index contributed by atoms with van der Waals surface area (Å²) < 4.78 is 0. The molecule has 1 saturated carbocycles. The second-order valence-corrected chi connectivity index (χ2v) is 5.75. The van der Waals surface area contributed by atoms with Crippen molar-refractivity contribution in [2.45, 2.75) is 57.4 Å². The highest BCUT2D eigenvalue weighted by Crippen LogP contribution is 2.46. The van der Waals surface area contributed by atoms with Crippen LogP contribution in [-0.2, 0) is 10.3 Å². The molecule has 1 fully saturated rings. The van der Waals surface area contributed by atoms with Gasteiger partial charge in [0, 0.05) is 5.02 Å². The maximum Gasteiger partial charge on any atom is 0.235 e. The van der Waals surface area contributed by atoms with Crippen LogP contribution in [0.25, 0.3) is 0 Å². The van der Waals surface area contributed by atoms with Gasteiger partial charge in [-0.15, -0.1) is 0 Å². The zero-order valence-electron chi connectivity index (χ0n) is 11.6. The molecule has 0 spiro atoms. The summed E-state index contributed by atoms with van der Waals surface area (Å²) in [5.74, 6) is 0.508. The van der Waals surface area contributed by atoms with Gasteiger partial charge in [-0.05, 0) is 55.2 Å². The van der Waals surface area contributed by atoms with Crippen LogP contribution < -0.4 is 0 Å². The topological polar surface area (TPSA) is 29.4 Å². The van der Waals surface area contributed by atoms with Crippen LogP contribution in [0.5, 0.6) is 0 Å². The number of carbonyl (C=O) groups excluding carboxylic acids is 1. The van der Waals surface area contributed by atoms with Gasteiger partial charge in [0.2, 0.25) is 6.08 Å². The number of benzene rings is 1. The third-order valence-corrected chi connectivity index (χ3v) is 4.73. The molecule has 0 aliphatic heterocycles. The van der Waals surface area contributed by atoms with Crippen molar-refractivity contribution in [1.82, 2.24) is 0 Å². The van der Waals surface area contributed by atoms with Crippen LogP contribution in [0.15, 0.2) is 23.2 Å². The van der Waals surface area contributed by atoms with Gasteiger partial charge in [0.15, 0.2) is 0 Å². The first-order valence-electron chi connectivity index (χ1n) is 7.05. The van der Waals surface area contributed by atoms with Crippen molar-refractivity contribution in [2.75, 3.05) is 0 Å². The van der Waals surface area contributed by atoms with Crippen molar-refractivity contribution in [1.29, 1.82) is 0 Å². The first-order valence-corrected chi connectivity index (χ1v) is 7.43. The average Bonchev–Trinajstić information content (AvgIpc) is 2.37. The molecular weight excluding hydrogens is 258 g/mol. The highest BCUT2D eigenvalue weighted by atomic mass is 35.5. The Morgan fingerprint density at radius 1 is 1.37 bits per heavy atom. The Balaban J connectivity index is 2.35. The maximum absolute atomic E-state index is 10.6. The molecule has 0 radical (unpaired) electrons. The molecule has 0 amide bonds. The quantitative estimate of drug-likeness (QED) is 0.552. The maximum atomic E-state index is 10.6. The summed E-state index contributed by atoms with van der Waals surface area (Å²) in [5.41, 5.74) is 1.92.